The number of nitrogens with zero attached hydrogens (tertiary/aromatic N) is 1. The third-order valence-corrected chi connectivity index (χ3v) is 12.4. The first-order valence-corrected chi connectivity index (χ1v) is 22.1. The fraction of sp³-hybridized carbons (Fsp3) is 0.583. The van der Waals surface area contributed by atoms with Gasteiger partial charge in [-0.15, -0.1) is 0 Å². The van der Waals surface area contributed by atoms with Gasteiger partial charge in [0, 0.05) is 61.2 Å². The van der Waals surface area contributed by atoms with E-state index in [1.807, 2.05) is 0 Å². The Bertz CT molecular complexity index is 2080. The van der Waals surface area contributed by atoms with Crippen LogP contribution in [0.2, 0.25) is 0 Å². The maximum atomic E-state index is 14.4. The van der Waals surface area contributed by atoms with Crippen LogP contribution in [0.4, 0.5) is 5.69 Å². The van der Waals surface area contributed by atoms with Crippen molar-refractivity contribution < 1.29 is 63.7 Å². The minimum Gasteiger partial charge on any atom is -0.507 e. The molecule has 0 saturated heterocycles. The van der Waals surface area contributed by atoms with Gasteiger partial charge in [-0.1, -0.05) is 96.5 Å². The Morgan fingerprint density at radius 3 is 2.17 bits per heavy atom. The minimum atomic E-state index is -2.06. The molecule has 348 valence electrons. The van der Waals surface area contributed by atoms with Gasteiger partial charge in [0.15, 0.2) is 5.75 Å². The number of hydrogen-bond acceptors (Lipinski definition) is 14. The highest BCUT2D eigenvalue weighted by Crippen LogP contribution is 2.55. The molecule has 15 heteroatoms. The standard InChI is InChI=1S/C48H68N2O13/c1-11-12-13-14-15-16-17-18-23-61-49-25-33-38-43(56)36-35(42(33)55)37-45(31(7)41(36)54)63-48(9,46(37)57)60-24-22-34(59-10)28(4)44(62-32(8)51)30(6)40(53)29(5)39(52)26(2)20-19-21-27(3)47(58)50-38/h19-22,24-26,28-30,34,39-40,44,52-56H,11-18,23H2,1-10H3,(H,50,58)/b20-19+,24-22+,27-21-,49-25+/t26-,28-,29-,30-,34+,39+,40-,44-,48+/m1/s1. The van der Waals surface area contributed by atoms with Crippen LogP contribution in [0.3, 0.4) is 0 Å². The van der Waals surface area contributed by atoms with Crippen LogP contribution in [-0.2, 0) is 28.6 Å². The third-order valence-electron chi connectivity index (χ3n) is 12.4. The molecule has 0 saturated carbocycles. The van der Waals surface area contributed by atoms with Gasteiger partial charge in [-0.2, -0.15) is 0 Å². The topological polar surface area (TPSA) is 223 Å². The number of aliphatic hydroxyl groups excluding tert-OH is 2. The zero-order chi connectivity index (χ0) is 46.8. The number of rotatable bonds is 13. The van der Waals surface area contributed by atoms with Gasteiger partial charge in [0.25, 0.3) is 11.7 Å². The highest BCUT2D eigenvalue weighted by Gasteiger charge is 2.50. The van der Waals surface area contributed by atoms with Crippen molar-refractivity contribution in [2.24, 2.45) is 28.8 Å². The average molecular weight is 881 g/mol. The van der Waals surface area contributed by atoms with E-state index in [9.17, 15) is 39.9 Å². The predicted molar refractivity (Wildman–Crippen MR) is 240 cm³/mol. The van der Waals surface area contributed by atoms with Crippen LogP contribution in [0.5, 0.6) is 23.0 Å². The van der Waals surface area contributed by atoms with E-state index >= 15 is 0 Å². The molecule has 15 nitrogen and oxygen atoms in total. The fourth-order valence-electron chi connectivity index (χ4n) is 8.32. The number of aliphatic hydroxyl groups is 2. The molecule has 0 aliphatic carbocycles. The fourth-order valence-corrected chi connectivity index (χ4v) is 8.32. The molecule has 9 atom stereocenters. The quantitative estimate of drug-likeness (QED) is 0.0279. The highest BCUT2D eigenvalue weighted by atomic mass is 16.7. The van der Waals surface area contributed by atoms with Crippen molar-refractivity contribution in [2.45, 2.75) is 144 Å². The molecule has 0 aromatic heterocycles. The summed E-state index contributed by atoms with van der Waals surface area (Å²) in [5.41, 5.74) is -0.533. The van der Waals surface area contributed by atoms with Crippen molar-refractivity contribution in [2.75, 3.05) is 19.0 Å². The van der Waals surface area contributed by atoms with E-state index in [4.69, 9.17) is 23.8 Å². The number of aromatic hydroxyl groups is 3. The van der Waals surface area contributed by atoms with E-state index < -0.39 is 88.8 Å². The van der Waals surface area contributed by atoms with E-state index in [1.54, 1.807) is 39.8 Å². The Balaban J connectivity index is 1.85. The predicted octanol–water partition coefficient (Wildman–Crippen LogP) is 8.25. The molecular weight excluding hydrogens is 813 g/mol. The molecule has 0 unspecified atom stereocenters. The van der Waals surface area contributed by atoms with Crippen molar-refractivity contribution in [1.29, 1.82) is 0 Å². The number of hydrogen-bond donors (Lipinski definition) is 6. The van der Waals surface area contributed by atoms with Gasteiger partial charge in [-0.25, -0.2) is 0 Å². The number of anilines is 1. The van der Waals surface area contributed by atoms with Crippen LogP contribution in [0, 0.1) is 30.6 Å². The van der Waals surface area contributed by atoms with Crippen LogP contribution in [-0.4, -0.2) is 93.3 Å². The number of phenols is 3. The summed E-state index contributed by atoms with van der Waals surface area (Å²) in [5, 5.41) is 64.5. The number of oxime groups is 1. The number of phenolic OH excluding ortho intramolecular Hbond substituents is 3. The largest absolute Gasteiger partial charge is 0.507 e. The van der Waals surface area contributed by atoms with Crippen molar-refractivity contribution in [3.8, 4) is 23.0 Å². The van der Waals surface area contributed by atoms with Gasteiger partial charge in [-0.3, -0.25) is 14.4 Å². The lowest BCUT2D eigenvalue weighted by Gasteiger charge is -2.38. The maximum absolute atomic E-state index is 14.4. The number of nitrogens with one attached hydrogen (secondary N) is 1. The second-order valence-corrected chi connectivity index (χ2v) is 17.2. The number of unbranched alkanes of at least 4 members (excludes halogenated alkanes) is 7. The zero-order valence-corrected chi connectivity index (χ0v) is 38.4. The number of amides is 1. The second kappa shape index (κ2) is 22.5. The molecule has 5 rings (SSSR count). The van der Waals surface area contributed by atoms with Gasteiger partial charge in [-0.05, 0) is 32.8 Å². The normalized spacial score (nSPS) is 28.9. The van der Waals surface area contributed by atoms with Gasteiger partial charge < -0.3 is 54.6 Å². The minimum absolute atomic E-state index is 0.0432. The third kappa shape index (κ3) is 11.5. The number of methoxy groups -OCH3 is 1. The number of allylic oxidation sites excluding steroid dienone is 2. The van der Waals surface area contributed by atoms with E-state index in [-0.39, 0.29) is 51.1 Å². The molecule has 1 amide bonds. The maximum Gasteiger partial charge on any atom is 0.312 e. The average Bonchev–Trinajstić information content (AvgIpc) is 3.51. The molecule has 3 aliphatic rings. The molecule has 3 aliphatic heterocycles. The molecule has 6 N–H and O–H groups in total. The lowest BCUT2D eigenvalue weighted by atomic mass is 9.78. The highest BCUT2D eigenvalue weighted by molar-refractivity contribution is 6.23. The van der Waals surface area contributed by atoms with E-state index in [0.29, 0.717) is 0 Å². The first-order valence-electron chi connectivity index (χ1n) is 22.1. The molecule has 2 aromatic rings. The van der Waals surface area contributed by atoms with Gasteiger partial charge >= 0.3 is 11.8 Å². The number of Topliss-reactive ketones (excluding diaryl/α,β-unsaturated/α-hetero) is 1. The molecule has 63 heavy (non-hydrogen) atoms. The number of fused-ring (bicyclic) bond motifs is 14. The van der Waals surface area contributed by atoms with Gasteiger partial charge in [0.2, 0.25) is 0 Å². The Morgan fingerprint density at radius 1 is 0.889 bits per heavy atom. The Hall–Kier alpha value is -5.12. The first kappa shape index (κ1) is 50.5. The summed E-state index contributed by atoms with van der Waals surface area (Å²) in [6, 6.07) is 0. The van der Waals surface area contributed by atoms with E-state index in [1.165, 1.54) is 78.9 Å². The van der Waals surface area contributed by atoms with Crippen molar-refractivity contribution >= 4 is 40.3 Å². The number of ether oxygens (including phenoxy) is 4. The number of carbonyl (C=O) groups excluding carboxylic acids is 3. The smallest absolute Gasteiger partial charge is 0.312 e. The number of benzene rings is 2. The summed E-state index contributed by atoms with van der Waals surface area (Å²) in [5.74, 6) is -8.54. The summed E-state index contributed by atoms with van der Waals surface area (Å²) >= 11 is 0. The number of ketones is 1. The first-order chi connectivity index (χ1) is 29.8. The van der Waals surface area contributed by atoms with Crippen LogP contribution in [0.25, 0.3) is 10.8 Å². The number of esters is 1. The van der Waals surface area contributed by atoms with Crippen LogP contribution in [0.15, 0.2) is 41.3 Å². The molecule has 3 heterocycles. The summed E-state index contributed by atoms with van der Waals surface area (Å²) in [7, 11) is 1.43. The molecule has 2 aromatic carbocycles. The molecule has 5 bridgehead atoms. The Kier molecular flexibility index (Phi) is 18.0. The van der Waals surface area contributed by atoms with Crippen molar-refractivity contribution in [1.82, 2.24) is 0 Å². The zero-order valence-electron chi connectivity index (χ0n) is 38.4. The van der Waals surface area contributed by atoms with Gasteiger partial charge in [0.05, 0.1) is 53.0 Å². The number of carbonyl (C=O) groups is 3. The van der Waals surface area contributed by atoms with Crippen molar-refractivity contribution in [3.63, 3.8) is 0 Å². The Morgan fingerprint density at radius 2 is 1.54 bits per heavy atom. The van der Waals surface area contributed by atoms with Crippen LogP contribution in [0.1, 0.15) is 128 Å². The lowest BCUT2D eigenvalue weighted by Crippen LogP contribution is -2.46. The monoisotopic (exact) mass is 880 g/mol. The second-order valence-electron chi connectivity index (χ2n) is 17.2. The van der Waals surface area contributed by atoms with Crippen molar-refractivity contribution in [3.05, 3.63) is 52.8 Å². The molecule has 0 radical (unpaired) electrons. The summed E-state index contributed by atoms with van der Waals surface area (Å²) in [6.07, 6.45) is 13.3. The molecular formula is C48H68N2O13. The lowest BCUT2D eigenvalue weighted by molar-refractivity contribution is -0.160. The van der Waals surface area contributed by atoms with Crippen LogP contribution < -0.4 is 10.1 Å². The van der Waals surface area contributed by atoms with Gasteiger partial charge in [0.1, 0.15) is 30.0 Å². The molecule has 0 spiro atoms. The summed E-state index contributed by atoms with van der Waals surface area (Å²) in [6.45, 7) is 14.9. The summed E-state index contributed by atoms with van der Waals surface area (Å²) in [4.78, 5) is 46.1. The SMILES string of the molecule is CCCCCCCCCCO/N=C/c1c2c(O)c3c(O)c(C)c4c(c3c1O)C(=O)[C@@](C)(O/C=C/[C@H](OC)[C@@H](C)[C@@H](OC(C)=O)[C@H](C)[C@H](O)[C@H](C)[C@@H](O)[C@H](C)/C=C/C=C(/C)C(=O)N2)O4. The van der Waals surface area contributed by atoms with Crippen LogP contribution >= 0.6 is 0 Å². The summed E-state index contributed by atoms with van der Waals surface area (Å²) < 4.78 is 23.6. The Labute approximate surface area is 370 Å². The van der Waals surface area contributed by atoms with E-state index in [0.717, 1.165) is 31.9 Å². The van der Waals surface area contributed by atoms with E-state index in [2.05, 4.69) is 17.4 Å². The molecule has 0 fully saturated rings.